The van der Waals surface area contributed by atoms with Crippen molar-refractivity contribution < 1.29 is 36.9 Å². The van der Waals surface area contributed by atoms with Crippen LogP contribution in [0.15, 0.2) is 52.6 Å². The first-order valence-corrected chi connectivity index (χ1v) is 13.9. The molecule has 0 saturated carbocycles. The highest BCUT2D eigenvalue weighted by Crippen LogP contribution is 2.47. The number of fused-ring (bicyclic) bond motifs is 1. The van der Waals surface area contributed by atoms with Crippen LogP contribution in [0.1, 0.15) is 36.9 Å². The predicted octanol–water partition coefficient (Wildman–Crippen LogP) is 5.80. The van der Waals surface area contributed by atoms with Gasteiger partial charge in [0, 0.05) is 42.7 Å². The molecule has 1 aliphatic carbocycles. The molecular formula is C28H30F4N4O4S. The number of guanidine groups is 1. The van der Waals surface area contributed by atoms with Gasteiger partial charge in [0.15, 0.2) is 0 Å². The highest BCUT2D eigenvalue weighted by molar-refractivity contribution is 7.08. The number of halogens is 4. The molecule has 0 amide bonds. The number of hydrogen-bond donors (Lipinski definition) is 1. The number of carboxylic acid groups (broad SMARTS) is 1. The van der Waals surface area contributed by atoms with Crippen molar-refractivity contribution in [2.75, 3.05) is 38.8 Å². The molecule has 1 saturated heterocycles. The molecule has 2 aliphatic heterocycles. The number of benzene rings is 1. The maximum atomic E-state index is 15.0. The number of allylic oxidation sites excluding steroid dienone is 1. The predicted molar refractivity (Wildman–Crippen MR) is 147 cm³/mol. The molecule has 1 N–H and O–H groups in total. The monoisotopic (exact) mass is 594 g/mol. The molecule has 1 fully saturated rings. The van der Waals surface area contributed by atoms with Crippen molar-refractivity contribution in [1.82, 2.24) is 9.80 Å². The lowest BCUT2D eigenvalue weighted by molar-refractivity contribution is -0.138. The molecular weight excluding hydrogens is 564 g/mol. The molecule has 2 aromatic rings. The largest absolute Gasteiger partial charge is 0.497 e. The topological polar surface area (TPSA) is 77.8 Å². The molecule has 0 spiro atoms. The summed E-state index contributed by atoms with van der Waals surface area (Å²) in [6, 6.07) is 2.11. The zero-order valence-electron chi connectivity index (χ0n) is 22.7. The number of thiophene rings is 1. The molecule has 3 aliphatic rings. The number of aliphatic carboxylic acids is 1. The van der Waals surface area contributed by atoms with Gasteiger partial charge in [-0.05, 0) is 43.7 Å². The van der Waals surface area contributed by atoms with Crippen molar-refractivity contribution in [1.29, 1.82) is 0 Å². The van der Waals surface area contributed by atoms with E-state index in [2.05, 4.69) is 16.0 Å². The zero-order chi connectivity index (χ0) is 29.5. The fraction of sp³-hybridized carbons (Fsp3) is 0.429. The Bertz CT molecular complexity index is 1410. The number of alkyl halides is 3. The molecule has 1 aromatic heterocycles. The number of rotatable bonds is 6. The van der Waals surface area contributed by atoms with E-state index in [4.69, 9.17) is 9.47 Å². The summed E-state index contributed by atoms with van der Waals surface area (Å²) in [5.74, 6) is -0.124. The van der Waals surface area contributed by atoms with E-state index in [1.54, 1.807) is 7.11 Å². The minimum absolute atomic E-state index is 0.00440. The fourth-order valence-corrected chi connectivity index (χ4v) is 6.46. The summed E-state index contributed by atoms with van der Waals surface area (Å²) in [7, 11) is 2.94. The number of hydrogen-bond acceptors (Lipinski definition) is 8. The molecule has 220 valence electrons. The maximum absolute atomic E-state index is 15.0. The standard InChI is InChI=1S/C28H30F4N4O4S/c1-16-14-34(9-10-35(16)18-5-4-6-19(12-18)39-2)27-33-25-20(15-41-26(25)29)21(13-24(37)38)36(27)22-11-17(28(30,31)32)7-8-23(22)40-3/h4,6-8,11-12,15-16,18,21H,5,9-10,13-14H2,1-3H3,(H,37,38)/t16-,18?,21-/m1/s1. The van der Waals surface area contributed by atoms with E-state index in [0.717, 1.165) is 35.6 Å². The van der Waals surface area contributed by atoms with Crippen LogP contribution in [0, 0.1) is 5.13 Å². The second kappa shape index (κ2) is 11.4. The van der Waals surface area contributed by atoms with Crippen molar-refractivity contribution in [2.24, 2.45) is 4.99 Å². The lowest BCUT2D eigenvalue weighted by atomic mass is 9.99. The molecule has 1 unspecified atom stereocenters. The van der Waals surface area contributed by atoms with E-state index in [0.29, 0.717) is 25.2 Å². The number of carbonyl (C=O) groups is 1. The third-order valence-electron chi connectivity index (χ3n) is 7.62. The highest BCUT2D eigenvalue weighted by Gasteiger charge is 2.42. The van der Waals surface area contributed by atoms with Gasteiger partial charge in [-0.25, -0.2) is 4.99 Å². The Labute approximate surface area is 238 Å². The van der Waals surface area contributed by atoms with E-state index in [1.165, 1.54) is 23.5 Å². The first-order chi connectivity index (χ1) is 19.5. The molecule has 13 heteroatoms. The number of ether oxygens (including phenoxy) is 2. The van der Waals surface area contributed by atoms with E-state index in [1.807, 2.05) is 24.0 Å². The van der Waals surface area contributed by atoms with Gasteiger partial charge in [-0.2, -0.15) is 17.6 Å². The van der Waals surface area contributed by atoms with Crippen LogP contribution in [-0.4, -0.2) is 72.8 Å². The number of nitrogens with zero attached hydrogens (tertiary/aromatic N) is 4. The normalized spacial score (nSPS) is 23.1. The van der Waals surface area contributed by atoms with Crippen LogP contribution in [0.25, 0.3) is 0 Å². The molecule has 41 heavy (non-hydrogen) atoms. The summed E-state index contributed by atoms with van der Waals surface area (Å²) >= 11 is 0.780. The van der Waals surface area contributed by atoms with Gasteiger partial charge in [-0.15, -0.1) is 11.3 Å². The highest BCUT2D eigenvalue weighted by atomic mass is 32.1. The van der Waals surface area contributed by atoms with Gasteiger partial charge >= 0.3 is 12.1 Å². The first kappa shape index (κ1) is 28.9. The minimum Gasteiger partial charge on any atom is -0.497 e. The average molecular weight is 595 g/mol. The first-order valence-electron chi connectivity index (χ1n) is 13.1. The zero-order valence-corrected chi connectivity index (χ0v) is 23.5. The molecule has 8 nitrogen and oxygen atoms in total. The average Bonchev–Trinajstić information content (AvgIpc) is 3.32. The van der Waals surface area contributed by atoms with Crippen LogP contribution in [0.2, 0.25) is 0 Å². The molecule has 3 heterocycles. The third kappa shape index (κ3) is 5.65. The van der Waals surface area contributed by atoms with Crippen molar-refractivity contribution in [3.63, 3.8) is 0 Å². The summed E-state index contributed by atoms with van der Waals surface area (Å²) in [5.41, 5.74) is -0.604. The van der Waals surface area contributed by atoms with Crippen LogP contribution in [0.5, 0.6) is 5.75 Å². The van der Waals surface area contributed by atoms with Gasteiger partial charge in [0.25, 0.3) is 0 Å². The summed E-state index contributed by atoms with van der Waals surface area (Å²) in [5, 5.41) is 10.7. The van der Waals surface area contributed by atoms with Crippen LogP contribution in [0.4, 0.5) is 28.9 Å². The van der Waals surface area contributed by atoms with Gasteiger partial charge in [0.2, 0.25) is 11.1 Å². The summed E-state index contributed by atoms with van der Waals surface area (Å²) in [6.07, 6.45) is 1.68. The van der Waals surface area contributed by atoms with Crippen molar-refractivity contribution in [3.8, 4) is 5.75 Å². The molecule has 5 rings (SSSR count). The number of aliphatic imine (C=N–C) groups is 1. The maximum Gasteiger partial charge on any atom is 0.416 e. The second-order valence-electron chi connectivity index (χ2n) is 10.1. The minimum atomic E-state index is -4.65. The van der Waals surface area contributed by atoms with E-state index in [-0.39, 0.29) is 35.2 Å². The Balaban J connectivity index is 1.58. The Morgan fingerprint density at radius 2 is 2.00 bits per heavy atom. The van der Waals surface area contributed by atoms with Crippen molar-refractivity contribution >= 4 is 34.6 Å². The SMILES string of the molecule is COC1=CC(N2CCN(C3=Nc4c(csc4F)[C@@H](CC(=O)O)N3c3cc(C(F)(F)F)ccc3OC)C[C@H]2C)CC=C1. The fourth-order valence-electron chi connectivity index (χ4n) is 5.69. The Morgan fingerprint density at radius 1 is 1.22 bits per heavy atom. The van der Waals surface area contributed by atoms with E-state index >= 15 is 0 Å². The summed E-state index contributed by atoms with van der Waals surface area (Å²) in [4.78, 5) is 22.3. The second-order valence-corrected chi connectivity index (χ2v) is 10.9. The lowest BCUT2D eigenvalue weighted by Crippen LogP contribution is -2.60. The van der Waals surface area contributed by atoms with Crippen LogP contribution in [-0.2, 0) is 15.7 Å². The number of piperazine rings is 1. The lowest BCUT2D eigenvalue weighted by Gasteiger charge is -2.48. The quantitative estimate of drug-likeness (QED) is 0.424. The van der Waals surface area contributed by atoms with Crippen molar-refractivity contribution in [3.05, 3.63) is 63.8 Å². The van der Waals surface area contributed by atoms with E-state index < -0.39 is 35.3 Å². The third-order valence-corrected chi connectivity index (χ3v) is 8.39. The van der Waals surface area contributed by atoms with Crippen molar-refractivity contribution in [2.45, 2.75) is 44.1 Å². The van der Waals surface area contributed by atoms with Crippen LogP contribution in [0.3, 0.4) is 0 Å². The molecule has 3 atom stereocenters. The molecule has 0 bridgehead atoms. The van der Waals surface area contributed by atoms with Gasteiger partial charge in [-0.3, -0.25) is 9.69 Å². The van der Waals surface area contributed by atoms with Crippen LogP contribution >= 0.6 is 11.3 Å². The van der Waals surface area contributed by atoms with Crippen LogP contribution < -0.4 is 9.64 Å². The van der Waals surface area contributed by atoms with E-state index in [9.17, 15) is 27.5 Å². The van der Waals surface area contributed by atoms with Gasteiger partial charge < -0.3 is 24.4 Å². The van der Waals surface area contributed by atoms with Gasteiger partial charge in [-0.1, -0.05) is 6.08 Å². The van der Waals surface area contributed by atoms with Gasteiger partial charge in [0.05, 0.1) is 37.9 Å². The number of anilines is 1. The van der Waals surface area contributed by atoms with Gasteiger partial charge in [0.1, 0.15) is 17.2 Å². The molecule has 1 aromatic carbocycles. The number of methoxy groups -OCH3 is 2. The Hall–Kier alpha value is -3.58. The Morgan fingerprint density at radius 3 is 2.66 bits per heavy atom. The summed E-state index contributed by atoms with van der Waals surface area (Å²) in [6.45, 7) is 3.48. The summed E-state index contributed by atoms with van der Waals surface area (Å²) < 4.78 is 67.3. The number of carboxylic acids is 1. The molecule has 0 radical (unpaired) electrons. The smallest absolute Gasteiger partial charge is 0.416 e. The Kier molecular flexibility index (Phi) is 8.02.